The smallest absolute Gasteiger partial charge is 0.306 e. The molecular weight excluding hydrogens is 1130 g/mol. The molecule has 0 fully saturated rings. The Balaban J connectivity index is 4.17. The monoisotopic (exact) mass is 1260 g/mol. The van der Waals surface area contributed by atoms with Crippen molar-refractivity contribution in [3.63, 3.8) is 0 Å². The van der Waals surface area contributed by atoms with Crippen molar-refractivity contribution in [3.8, 4) is 0 Å². The van der Waals surface area contributed by atoms with E-state index in [4.69, 9.17) is 18.5 Å². The number of esters is 2. The molecule has 0 saturated heterocycles. The molecule has 0 spiro atoms. The first-order chi connectivity index (χ1) is 44.0. The van der Waals surface area contributed by atoms with Gasteiger partial charge in [-0.3, -0.25) is 14.2 Å². The number of hydrogen-bond acceptors (Lipinski definition) is 8. The first-order valence-electron chi connectivity index (χ1n) is 35.1. The lowest BCUT2D eigenvalue weighted by Gasteiger charge is -2.28. The molecule has 2 unspecified atom stereocenters. The first kappa shape index (κ1) is 84.8. The number of likely N-dealkylation sites (N-methyl/N-ethyl adjacent to an activating group) is 1. The van der Waals surface area contributed by atoms with Crippen LogP contribution >= 0.6 is 7.82 Å². The highest BCUT2D eigenvalue weighted by atomic mass is 31.2. The highest BCUT2D eigenvalue weighted by molar-refractivity contribution is 7.45. The van der Waals surface area contributed by atoms with Crippen LogP contribution < -0.4 is 4.89 Å². The van der Waals surface area contributed by atoms with Crippen molar-refractivity contribution in [2.24, 2.45) is 0 Å². The number of phosphoric acid groups is 1. The number of rotatable bonds is 62. The minimum atomic E-state index is -4.67. The number of ether oxygens (including phenoxy) is 2. The predicted molar refractivity (Wildman–Crippen MR) is 387 cm³/mol. The van der Waals surface area contributed by atoms with Crippen LogP contribution in [0.3, 0.4) is 0 Å². The van der Waals surface area contributed by atoms with Gasteiger partial charge in [0.2, 0.25) is 0 Å². The van der Waals surface area contributed by atoms with Crippen LogP contribution in [-0.2, 0) is 32.7 Å². The van der Waals surface area contributed by atoms with E-state index in [0.717, 1.165) is 122 Å². The van der Waals surface area contributed by atoms with Crippen molar-refractivity contribution in [2.75, 3.05) is 47.5 Å². The number of hydrogen-bond donors (Lipinski definition) is 0. The van der Waals surface area contributed by atoms with Crippen LogP contribution in [0.15, 0.2) is 194 Å². The fourth-order valence-corrected chi connectivity index (χ4v) is 9.54. The number of quaternary nitrogens is 1. The molecule has 0 aromatic heterocycles. The summed E-state index contributed by atoms with van der Waals surface area (Å²) in [7, 11) is 1.10. The van der Waals surface area contributed by atoms with E-state index in [2.05, 4.69) is 202 Å². The molecule has 0 aliphatic rings. The third-order valence-electron chi connectivity index (χ3n) is 14.1. The van der Waals surface area contributed by atoms with Gasteiger partial charge < -0.3 is 27.9 Å². The van der Waals surface area contributed by atoms with Gasteiger partial charge in [-0.25, -0.2) is 0 Å². The standard InChI is InChI=1S/C80H128NO8P/c1-6-8-10-12-14-16-18-20-22-24-26-28-30-32-34-36-37-38-39-40-41-42-43-45-46-48-50-52-54-56-58-60-62-64-66-68-70-72-79(82)86-76-78(77-88-90(84,85)87-75-74-81(3,4)5)89-80(83)73-71-69-67-65-63-61-59-57-55-53-51-49-47-44-35-33-31-29-27-25-23-21-19-17-15-13-11-9-7-2/h8-11,14-17,20-23,26-29,32-35,37-38,40-41,47,49,53,55,59,61,65,67,78H,6-7,12-13,18-19,24-25,30-31,36,39,42-46,48,50-52,54,56-58,60,62-64,66,68-77H2,1-5H3/b10-8-,11-9-,16-14-,17-15-,22-20-,23-21-,28-26-,29-27-,34-32-,35-33-,38-37-,41-40-,49-47-,55-53-,61-59-,67-65-. The Morgan fingerprint density at radius 2 is 0.611 bits per heavy atom. The molecule has 0 bridgehead atoms. The Hall–Kier alpha value is -5.15. The number of carbonyl (C=O) groups is 2. The fraction of sp³-hybridized carbons (Fsp3) is 0.575. The summed E-state index contributed by atoms with van der Waals surface area (Å²) in [4.78, 5) is 38.0. The summed E-state index contributed by atoms with van der Waals surface area (Å²) < 4.78 is 34.2. The van der Waals surface area contributed by atoms with E-state index in [9.17, 15) is 19.0 Å². The molecule has 0 N–H and O–H groups in total. The highest BCUT2D eigenvalue weighted by Gasteiger charge is 2.22. The molecule has 506 valence electrons. The maximum Gasteiger partial charge on any atom is 0.306 e. The van der Waals surface area contributed by atoms with Crippen molar-refractivity contribution in [1.82, 2.24) is 0 Å². The van der Waals surface area contributed by atoms with Gasteiger partial charge in [0.05, 0.1) is 27.7 Å². The molecule has 2 atom stereocenters. The Labute approximate surface area is 552 Å². The number of allylic oxidation sites excluding steroid dienone is 32. The van der Waals surface area contributed by atoms with Gasteiger partial charge in [-0.1, -0.05) is 292 Å². The SMILES string of the molecule is CC/C=C\C/C=C\C/C=C\C/C=C\C/C=C\C/C=C\C/C=C\C/C=C\C/C=C\CCCC(=O)OC(COC(=O)CCCCCCCCCCCCCCCCC/C=C\C/C=C\C/C=C\C/C=C\C/C=C\C/C=C\C/C=C\CC)COP(=O)([O-])OCC[N+](C)(C)C. The summed E-state index contributed by atoms with van der Waals surface area (Å²) in [6.45, 7) is 3.93. The number of nitrogens with zero attached hydrogens (tertiary/aromatic N) is 1. The van der Waals surface area contributed by atoms with Crippen molar-refractivity contribution in [1.29, 1.82) is 0 Å². The van der Waals surface area contributed by atoms with Crippen molar-refractivity contribution in [3.05, 3.63) is 194 Å². The second-order valence-corrected chi connectivity index (χ2v) is 25.2. The molecule has 0 aliphatic carbocycles. The van der Waals surface area contributed by atoms with Gasteiger partial charge in [0, 0.05) is 12.8 Å². The summed E-state index contributed by atoms with van der Waals surface area (Å²) >= 11 is 0. The predicted octanol–water partition coefficient (Wildman–Crippen LogP) is 22.6. The first-order valence-corrected chi connectivity index (χ1v) is 36.6. The fourth-order valence-electron chi connectivity index (χ4n) is 8.81. The summed E-state index contributed by atoms with van der Waals surface area (Å²) in [6.07, 6.45) is 107. The number of unbranched alkanes of at least 4 members (excludes halogenated alkanes) is 16. The molecular formula is C80H128NO8P. The molecule has 0 saturated carbocycles. The van der Waals surface area contributed by atoms with E-state index >= 15 is 0 Å². The van der Waals surface area contributed by atoms with Gasteiger partial charge in [-0.05, 0) is 135 Å². The average Bonchev–Trinajstić information content (AvgIpc) is 3.58. The largest absolute Gasteiger partial charge is 0.756 e. The minimum absolute atomic E-state index is 0.0518. The van der Waals surface area contributed by atoms with Crippen LogP contribution in [0.25, 0.3) is 0 Å². The Bertz CT molecular complexity index is 2220. The highest BCUT2D eigenvalue weighted by Crippen LogP contribution is 2.38. The van der Waals surface area contributed by atoms with Gasteiger partial charge in [-0.15, -0.1) is 0 Å². The quantitative estimate of drug-likeness (QED) is 0.0195. The van der Waals surface area contributed by atoms with Gasteiger partial charge >= 0.3 is 11.9 Å². The minimum Gasteiger partial charge on any atom is -0.756 e. The van der Waals surface area contributed by atoms with E-state index in [-0.39, 0.29) is 26.1 Å². The van der Waals surface area contributed by atoms with Gasteiger partial charge in [-0.2, -0.15) is 0 Å². The average molecular weight is 1260 g/mol. The molecule has 0 amide bonds. The van der Waals surface area contributed by atoms with E-state index in [1.54, 1.807) is 0 Å². The zero-order chi connectivity index (χ0) is 65.5. The maximum atomic E-state index is 12.8. The van der Waals surface area contributed by atoms with Crippen LogP contribution in [0.5, 0.6) is 0 Å². The molecule has 0 rings (SSSR count). The lowest BCUT2D eigenvalue weighted by atomic mass is 10.0. The topological polar surface area (TPSA) is 111 Å². The second kappa shape index (κ2) is 68.2. The van der Waals surface area contributed by atoms with Crippen LogP contribution in [0.4, 0.5) is 0 Å². The molecule has 9 nitrogen and oxygen atoms in total. The van der Waals surface area contributed by atoms with E-state index in [1.165, 1.54) is 77.0 Å². The zero-order valence-electron chi connectivity index (χ0n) is 57.5. The van der Waals surface area contributed by atoms with Crippen molar-refractivity contribution >= 4 is 19.8 Å². The van der Waals surface area contributed by atoms with Crippen LogP contribution in [-0.4, -0.2) is 70.0 Å². The van der Waals surface area contributed by atoms with Gasteiger partial charge in [0.1, 0.15) is 19.8 Å². The molecule has 0 aromatic carbocycles. The maximum absolute atomic E-state index is 12.8. The van der Waals surface area contributed by atoms with Crippen molar-refractivity contribution < 1.29 is 42.1 Å². The molecule has 0 aromatic rings. The van der Waals surface area contributed by atoms with Gasteiger partial charge in [0.25, 0.3) is 7.82 Å². The lowest BCUT2D eigenvalue weighted by molar-refractivity contribution is -0.870. The Kier molecular flexibility index (Phi) is 64.3. The number of phosphoric ester groups is 1. The normalized spacial score (nSPS) is 14.3. The third kappa shape index (κ3) is 71.9. The van der Waals surface area contributed by atoms with Crippen LogP contribution in [0.2, 0.25) is 0 Å². The summed E-state index contributed by atoms with van der Waals surface area (Å²) in [6, 6.07) is 0. The van der Waals surface area contributed by atoms with Crippen LogP contribution in [0, 0.1) is 0 Å². The summed E-state index contributed by atoms with van der Waals surface area (Å²) in [5, 5.41) is 0. The molecule has 10 heteroatoms. The Morgan fingerprint density at radius 3 is 0.922 bits per heavy atom. The molecule has 0 radical (unpaired) electrons. The van der Waals surface area contributed by atoms with Crippen molar-refractivity contribution in [2.45, 2.75) is 251 Å². The second-order valence-electron chi connectivity index (χ2n) is 23.8. The van der Waals surface area contributed by atoms with E-state index in [1.807, 2.05) is 27.2 Å². The Morgan fingerprint density at radius 1 is 0.344 bits per heavy atom. The van der Waals surface area contributed by atoms with E-state index < -0.39 is 32.5 Å². The van der Waals surface area contributed by atoms with E-state index in [0.29, 0.717) is 30.3 Å². The lowest BCUT2D eigenvalue weighted by Crippen LogP contribution is -2.37. The number of carbonyl (C=O) groups excluding carboxylic acids is 2. The summed E-state index contributed by atoms with van der Waals surface area (Å²) in [5.41, 5.74) is 0. The zero-order valence-corrected chi connectivity index (χ0v) is 58.4. The van der Waals surface area contributed by atoms with Crippen LogP contribution in [0.1, 0.15) is 245 Å². The molecule has 0 aliphatic heterocycles. The molecule has 0 heterocycles. The summed E-state index contributed by atoms with van der Waals surface area (Å²) in [5.74, 6) is -0.915. The third-order valence-corrected chi connectivity index (χ3v) is 15.1. The molecule has 90 heavy (non-hydrogen) atoms. The van der Waals surface area contributed by atoms with Gasteiger partial charge in [0.15, 0.2) is 6.10 Å².